The molecular formula is C20H25N3O2. The highest BCUT2D eigenvalue weighted by Crippen LogP contribution is 2.55. The minimum atomic E-state index is -0.00750. The monoisotopic (exact) mass is 339 g/mol. The number of nitrogens with one attached hydrogen (secondary N) is 1. The van der Waals surface area contributed by atoms with E-state index in [0.29, 0.717) is 24.2 Å². The van der Waals surface area contributed by atoms with Gasteiger partial charge in [0.05, 0.1) is 18.8 Å². The second-order valence-corrected chi connectivity index (χ2v) is 7.30. The number of nitrogens with zero attached hydrogens (tertiary/aromatic N) is 2. The van der Waals surface area contributed by atoms with E-state index in [-0.39, 0.29) is 18.4 Å². The lowest BCUT2D eigenvalue weighted by molar-refractivity contribution is -0.117. The molecule has 0 aliphatic heterocycles. The predicted octanol–water partition coefficient (Wildman–Crippen LogP) is 3.23. The Morgan fingerprint density at radius 2 is 2.00 bits per heavy atom. The first-order valence-corrected chi connectivity index (χ1v) is 9.24. The van der Waals surface area contributed by atoms with Gasteiger partial charge >= 0.3 is 0 Å². The molecule has 1 aromatic heterocycles. The van der Waals surface area contributed by atoms with Gasteiger partial charge in [-0.1, -0.05) is 37.1 Å². The maximum atomic E-state index is 12.7. The maximum absolute atomic E-state index is 12.7. The Morgan fingerprint density at radius 3 is 2.68 bits per heavy atom. The minimum absolute atomic E-state index is 0.00750. The minimum Gasteiger partial charge on any atom is -0.394 e. The Morgan fingerprint density at radius 1 is 1.28 bits per heavy atom. The first-order valence-electron chi connectivity index (χ1n) is 9.24. The number of aliphatic hydroxyl groups is 1. The van der Waals surface area contributed by atoms with Crippen LogP contribution in [0.25, 0.3) is 11.3 Å². The molecule has 0 radical (unpaired) electrons. The second kappa shape index (κ2) is 6.64. The van der Waals surface area contributed by atoms with E-state index in [1.807, 2.05) is 37.3 Å². The summed E-state index contributed by atoms with van der Waals surface area (Å²) in [6.45, 7) is 2.42. The molecule has 2 saturated carbocycles. The van der Waals surface area contributed by atoms with E-state index < -0.39 is 0 Å². The predicted molar refractivity (Wildman–Crippen MR) is 97.1 cm³/mol. The number of aliphatic hydroxyl groups excluding tert-OH is 1. The lowest BCUT2D eigenvalue weighted by atomic mass is 10.0. The topological polar surface area (TPSA) is 67.2 Å². The SMILES string of the molecule is Cc1ccccc1-c1cc(NC(=O)C2[C@H]3CCCC[C@@H]23)n(CCO)n1. The molecule has 2 N–H and O–H groups in total. The summed E-state index contributed by atoms with van der Waals surface area (Å²) in [6, 6.07) is 9.99. The van der Waals surface area contributed by atoms with Gasteiger partial charge in [0.2, 0.25) is 5.91 Å². The molecule has 2 aliphatic rings. The van der Waals surface area contributed by atoms with Crippen LogP contribution in [-0.4, -0.2) is 27.4 Å². The summed E-state index contributed by atoms with van der Waals surface area (Å²) in [6.07, 6.45) is 4.88. The Hall–Kier alpha value is -2.14. The largest absolute Gasteiger partial charge is 0.394 e. The summed E-state index contributed by atoms with van der Waals surface area (Å²) in [4.78, 5) is 12.7. The summed E-state index contributed by atoms with van der Waals surface area (Å²) in [5.74, 6) is 2.13. The Bertz CT molecular complexity index is 771. The molecule has 5 nitrogen and oxygen atoms in total. The van der Waals surface area contributed by atoms with Crippen LogP contribution in [0, 0.1) is 24.7 Å². The molecule has 2 aliphatic carbocycles. The summed E-state index contributed by atoms with van der Waals surface area (Å²) < 4.78 is 1.70. The number of carbonyl (C=O) groups excluding carboxylic acids is 1. The van der Waals surface area contributed by atoms with Gasteiger partial charge in [0.25, 0.3) is 0 Å². The molecule has 5 heteroatoms. The summed E-state index contributed by atoms with van der Waals surface area (Å²) in [7, 11) is 0. The lowest BCUT2D eigenvalue weighted by Crippen LogP contribution is -2.19. The van der Waals surface area contributed by atoms with Crippen molar-refractivity contribution < 1.29 is 9.90 Å². The number of fused-ring (bicyclic) bond motifs is 1. The molecule has 2 aromatic rings. The second-order valence-electron chi connectivity index (χ2n) is 7.30. The fourth-order valence-corrected chi connectivity index (χ4v) is 4.37. The van der Waals surface area contributed by atoms with Crippen molar-refractivity contribution in [1.29, 1.82) is 0 Å². The van der Waals surface area contributed by atoms with Gasteiger partial charge in [-0.15, -0.1) is 0 Å². The van der Waals surface area contributed by atoms with E-state index in [1.165, 1.54) is 25.7 Å². The van der Waals surface area contributed by atoms with Crippen LogP contribution in [0.1, 0.15) is 31.2 Å². The average molecular weight is 339 g/mol. The van der Waals surface area contributed by atoms with Crippen molar-refractivity contribution in [3.05, 3.63) is 35.9 Å². The van der Waals surface area contributed by atoms with Crippen LogP contribution in [0.3, 0.4) is 0 Å². The van der Waals surface area contributed by atoms with E-state index in [9.17, 15) is 9.90 Å². The number of aryl methyl sites for hydroxylation is 1. The normalized spacial score (nSPS) is 24.6. The van der Waals surface area contributed by atoms with Crippen molar-refractivity contribution in [2.45, 2.75) is 39.2 Å². The van der Waals surface area contributed by atoms with Crippen molar-refractivity contribution in [3.63, 3.8) is 0 Å². The fraction of sp³-hybridized carbons (Fsp3) is 0.500. The van der Waals surface area contributed by atoms with Crippen LogP contribution < -0.4 is 5.32 Å². The smallest absolute Gasteiger partial charge is 0.229 e. The van der Waals surface area contributed by atoms with E-state index in [2.05, 4.69) is 10.4 Å². The molecule has 1 amide bonds. The molecule has 2 fully saturated rings. The van der Waals surface area contributed by atoms with Crippen LogP contribution in [-0.2, 0) is 11.3 Å². The van der Waals surface area contributed by atoms with Crippen LogP contribution in [0.15, 0.2) is 30.3 Å². The molecule has 1 unspecified atom stereocenters. The van der Waals surface area contributed by atoms with Gasteiger partial charge in [-0.25, -0.2) is 4.68 Å². The van der Waals surface area contributed by atoms with Gasteiger partial charge in [-0.05, 0) is 37.2 Å². The molecular weight excluding hydrogens is 314 g/mol. The van der Waals surface area contributed by atoms with Crippen LogP contribution in [0.2, 0.25) is 0 Å². The molecule has 1 heterocycles. The molecule has 0 saturated heterocycles. The number of anilines is 1. The van der Waals surface area contributed by atoms with E-state index >= 15 is 0 Å². The summed E-state index contributed by atoms with van der Waals surface area (Å²) in [5, 5.41) is 17.0. The van der Waals surface area contributed by atoms with Crippen molar-refractivity contribution in [1.82, 2.24) is 9.78 Å². The number of carbonyl (C=O) groups is 1. The standard InChI is InChI=1S/C20H25N3O2/c1-13-6-2-3-7-14(13)17-12-18(23(22-17)10-11-24)21-20(25)19-15-8-4-5-9-16(15)19/h2-3,6-7,12,15-16,19,24H,4-5,8-11H2,1H3,(H,21,25)/t15-,16+,19?. The van der Waals surface area contributed by atoms with Gasteiger partial charge in [-0.2, -0.15) is 5.10 Å². The third-order valence-electron chi connectivity index (χ3n) is 5.72. The number of rotatable bonds is 5. The maximum Gasteiger partial charge on any atom is 0.229 e. The zero-order chi connectivity index (χ0) is 17.4. The Kier molecular flexibility index (Phi) is 4.34. The quantitative estimate of drug-likeness (QED) is 0.879. The summed E-state index contributed by atoms with van der Waals surface area (Å²) >= 11 is 0. The third-order valence-corrected chi connectivity index (χ3v) is 5.72. The van der Waals surface area contributed by atoms with Crippen molar-refractivity contribution in [2.24, 2.45) is 17.8 Å². The Balaban J connectivity index is 1.56. The number of hydrogen-bond donors (Lipinski definition) is 2. The molecule has 0 bridgehead atoms. The highest BCUT2D eigenvalue weighted by molar-refractivity contribution is 5.94. The molecule has 0 spiro atoms. The van der Waals surface area contributed by atoms with Crippen molar-refractivity contribution >= 4 is 11.7 Å². The van der Waals surface area contributed by atoms with Gasteiger partial charge in [0, 0.05) is 17.5 Å². The van der Waals surface area contributed by atoms with Gasteiger partial charge in [0.1, 0.15) is 5.82 Å². The number of amides is 1. The van der Waals surface area contributed by atoms with Gasteiger partial charge in [0.15, 0.2) is 0 Å². The number of aromatic nitrogens is 2. The van der Waals surface area contributed by atoms with Gasteiger partial charge < -0.3 is 10.4 Å². The third kappa shape index (κ3) is 3.09. The highest BCUT2D eigenvalue weighted by atomic mass is 16.3. The fourth-order valence-electron chi connectivity index (χ4n) is 4.37. The van der Waals surface area contributed by atoms with Gasteiger partial charge in [-0.3, -0.25) is 4.79 Å². The first kappa shape index (κ1) is 16.3. The van der Waals surface area contributed by atoms with Crippen LogP contribution >= 0.6 is 0 Å². The lowest BCUT2D eigenvalue weighted by Gasteiger charge is -2.07. The Labute approximate surface area is 148 Å². The zero-order valence-electron chi connectivity index (χ0n) is 14.6. The zero-order valence-corrected chi connectivity index (χ0v) is 14.6. The molecule has 1 aromatic carbocycles. The number of benzene rings is 1. The van der Waals surface area contributed by atoms with Crippen LogP contribution in [0.4, 0.5) is 5.82 Å². The van der Waals surface area contributed by atoms with Crippen molar-refractivity contribution in [3.8, 4) is 11.3 Å². The first-order chi connectivity index (χ1) is 12.2. The van der Waals surface area contributed by atoms with E-state index in [4.69, 9.17) is 0 Å². The molecule has 4 rings (SSSR count). The highest BCUT2D eigenvalue weighted by Gasteiger charge is 2.54. The van der Waals surface area contributed by atoms with Crippen molar-refractivity contribution in [2.75, 3.05) is 11.9 Å². The van der Waals surface area contributed by atoms with E-state index in [1.54, 1.807) is 4.68 Å². The van der Waals surface area contributed by atoms with Crippen LogP contribution in [0.5, 0.6) is 0 Å². The number of hydrogen-bond acceptors (Lipinski definition) is 3. The average Bonchev–Trinajstić information content (AvgIpc) is 3.23. The summed E-state index contributed by atoms with van der Waals surface area (Å²) in [5.41, 5.74) is 3.02. The molecule has 132 valence electrons. The molecule has 25 heavy (non-hydrogen) atoms. The van der Waals surface area contributed by atoms with E-state index in [0.717, 1.165) is 16.8 Å². The molecule has 3 atom stereocenters.